The van der Waals surface area contributed by atoms with Crippen LogP contribution < -0.4 is 9.64 Å². The highest BCUT2D eigenvalue weighted by molar-refractivity contribution is 5.78. The second kappa shape index (κ2) is 8.06. The highest BCUT2D eigenvalue weighted by Crippen LogP contribution is 2.26. The van der Waals surface area contributed by atoms with Crippen molar-refractivity contribution in [2.24, 2.45) is 0 Å². The molecule has 0 saturated carbocycles. The van der Waals surface area contributed by atoms with E-state index in [-0.39, 0.29) is 12.5 Å². The molecule has 1 aliphatic heterocycles. The summed E-state index contributed by atoms with van der Waals surface area (Å²) in [5.41, 5.74) is 4.04. The minimum atomic E-state index is 0.0593. The Morgan fingerprint density at radius 1 is 1.00 bits per heavy atom. The summed E-state index contributed by atoms with van der Waals surface area (Å²) >= 11 is 0. The molecule has 0 aromatic heterocycles. The fraction of sp³-hybridized carbons (Fsp3) is 0.381. The van der Waals surface area contributed by atoms with Crippen LogP contribution in [-0.4, -0.2) is 43.6 Å². The molecule has 1 amide bonds. The van der Waals surface area contributed by atoms with E-state index in [1.165, 1.54) is 16.8 Å². The number of rotatable bonds is 5. The number of hydrogen-bond acceptors (Lipinski definition) is 3. The highest BCUT2D eigenvalue weighted by atomic mass is 16.5. The van der Waals surface area contributed by atoms with Gasteiger partial charge in [0, 0.05) is 31.9 Å². The zero-order valence-corrected chi connectivity index (χ0v) is 15.1. The number of benzene rings is 2. The Labute approximate surface area is 150 Å². The van der Waals surface area contributed by atoms with Crippen LogP contribution in [0, 0.1) is 6.92 Å². The summed E-state index contributed by atoms with van der Waals surface area (Å²) in [6, 6.07) is 16.0. The summed E-state index contributed by atoms with van der Waals surface area (Å²) < 4.78 is 5.58. The molecule has 0 aliphatic carbocycles. The van der Waals surface area contributed by atoms with Gasteiger partial charge in [0.15, 0.2) is 6.61 Å². The predicted molar refractivity (Wildman–Crippen MR) is 101 cm³/mol. The number of para-hydroxylation sites is 2. The maximum atomic E-state index is 12.4. The minimum Gasteiger partial charge on any atom is -0.484 e. The van der Waals surface area contributed by atoms with Crippen molar-refractivity contribution in [3.05, 3.63) is 59.7 Å². The van der Waals surface area contributed by atoms with E-state index in [0.29, 0.717) is 0 Å². The smallest absolute Gasteiger partial charge is 0.260 e. The second-order valence-corrected chi connectivity index (χ2v) is 6.41. The van der Waals surface area contributed by atoms with Crippen molar-refractivity contribution in [3.8, 4) is 5.75 Å². The van der Waals surface area contributed by atoms with Crippen molar-refractivity contribution < 1.29 is 9.53 Å². The van der Waals surface area contributed by atoms with E-state index >= 15 is 0 Å². The number of anilines is 1. The highest BCUT2D eigenvalue weighted by Gasteiger charge is 2.23. The third kappa shape index (κ3) is 4.13. The molecule has 132 valence electrons. The van der Waals surface area contributed by atoms with Gasteiger partial charge < -0.3 is 14.5 Å². The van der Waals surface area contributed by atoms with Crippen molar-refractivity contribution in [3.63, 3.8) is 0 Å². The van der Waals surface area contributed by atoms with E-state index in [0.717, 1.165) is 38.3 Å². The van der Waals surface area contributed by atoms with Crippen LogP contribution in [0.15, 0.2) is 48.5 Å². The van der Waals surface area contributed by atoms with Crippen molar-refractivity contribution >= 4 is 11.6 Å². The molecule has 0 radical (unpaired) electrons. The first kappa shape index (κ1) is 17.3. The van der Waals surface area contributed by atoms with Crippen molar-refractivity contribution in [1.29, 1.82) is 0 Å². The monoisotopic (exact) mass is 338 g/mol. The molecule has 1 fully saturated rings. The normalized spacial score (nSPS) is 14.5. The van der Waals surface area contributed by atoms with Gasteiger partial charge in [-0.25, -0.2) is 0 Å². The third-order valence-electron chi connectivity index (χ3n) is 4.76. The summed E-state index contributed by atoms with van der Waals surface area (Å²) in [5.74, 6) is 0.797. The van der Waals surface area contributed by atoms with Gasteiger partial charge in [0.1, 0.15) is 5.75 Å². The zero-order chi connectivity index (χ0) is 17.6. The molecule has 0 unspecified atom stereocenters. The Bertz CT molecular complexity index is 707. The van der Waals surface area contributed by atoms with Crippen LogP contribution in [0.3, 0.4) is 0 Å². The van der Waals surface area contributed by atoms with Crippen LogP contribution in [-0.2, 0) is 11.2 Å². The SMILES string of the molecule is CCc1cccc(C)c1N1CCN(C(=O)COc2ccccc2)CC1. The standard InChI is InChI=1S/C21H26N2O2/c1-3-18-9-7-8-17(2)21(18)23-14-12-22(13-15-23)20(24)16-25-19-10-5-4-6-11-19/h4-11H,3,12-16H2,1-2H3. The van der Waals surface area contributed by atoms with Gasteiger partial charge in [0.05, 0.1) is 0 Å². The Hall–Kier alpha value is -2.49. The topological polar surface area (TPSA) is 32.8 Å². The predicted octanol–water partition coefficient (Wildman–Crippen LogP) is 3.29. The maximum Gasteiger partial charge on any atom is 0.260 e. The quantitative estimate of drug-likeness (QED) is 0.839. The Morgan fingerprint density at radius 2 is 1.72 bits per heavy atom. The van der Waals surface area contributed by atoms with E-state index < -0.39 is 0 Å². The maximum absolute atomic E-state index is 12.4. The molecule has 1 saturated heterocycles. The van der Waals surface area contributed by atoms with Gasteiger partial charge in [-0.15, -0.1) is 0 Å². The third-order valence-corrected chi connectivity index (χ3v) is 4.76. The molecule has 25 heavy (non-hydrogen) atoms. The number of aryl methyl sites for hydroxylation is 2. The summed E-state index contributed by atoms with van der Waals surface area (Å²) in [6.07, 6.45) is 1.03. The van der Waals surface area contributed by atoms with Gasteiger partial charge in [0.25, 0.3) is 5.91 Å². The van der Waals surface area contributed by atoms with E-state index in [4.69, 9.17) is 4.74 Å². The van der Waals surface area contributed by atoms with Crippen molar-refractivity contribution in [2.75, 3.05) is 37.7 Å². The molecule has 0 bridgehead atoms. The lowest BCUT2D eigenvalue weighted by Gasteiger charge is -2.37. The van der Waals surface area contributed by atoms with Gasteiger partial charge in [-0.1, -0.05) is 43.3 Å². The van der Waals surface area contributed by atoms with Gasteiger partial charge in [-0.05, 0) is 36.6 Å². The number of hydrogen-bond donors (Lipinski definition) is 0. The summed E-state index contributed by atoms with van der Waals surface area (Å²) in [6.45, 7) is 7.69. The molecule has 0 N–H and O–H groups in total. The second-order valence-electron chi connectivity index (χ2n) is 6.41. The average molecular weight is 338 g/mol. The van der Waals surface area contributed by atoms with Gasteiger partial charge >= 0.3 is 0 Å². The molecule has 2 aromatic rings. The van der Waals surface area contributed by atoms with Crippen molar-refractivity contribution in [1.82, 2.24) is 4.90 Å². The Morgan fingerprint density at radius 3 is 2.40 bits per heavy atom. The molecule has 1 aliphatic rings. The van der Waals surface area contributed by atoms with E-state index in [1.54, 1.807) is 0 Å². The fourth-order valence-electron chi connectivity index (χ4n) is 3.39. The molecule has 0 atom stereocenters. The number of amides is 1. The van der Waals surface area contributed by atoms with Crippen LogP contribution in [0.1, 0.15) is 18.1 Å². The largest absolute Gasteiger partial charge is 0.484 e. The Balaban J connectivity index is 1.56. The van der Waals surface area contributed by atoms with E-state index in [2.05, 4.69) is 36.9 Å². The molecule has 2 aromatic carbocycles. The molecule has 1 heterocycles. The minimum absolute atomic E-state index is 0.0593. The first-order valence-corrected chi connectivity index (χ1v) is 8.98. The number of carbonyl (C=O) groups is 1. The summed E-state index contributed by atoms with van der Waals surface area (Å²) in [5, 5.41) is 0. The van der Waals surface area contributed by atoms with Crippen LogP contribution in [0.25, 0.3) is 0 Å². The zero-order valence-electron chi connectivity index (χ0n) is 15.1. The molecular formula is C21H26N2O2. The van der Waals surface area contributed by atoms with E-state index in [9.17, 15) is 4.79 Å². The van der Waals surface area contributed by atoms with Crippen LogP contribution >= 0.6 is 0 Å². The first-order valence-electron chi connectivity index (χ1n) is 8.98. The van der Waals surface area contributed by atoms with Gasteiger partial charge in [-0.3, -0.25) is 4.79 Å². The van der Waals surface area contributed by atoms with Gasteiger partial charge in [0.2, 0.25) is 0 Å². The lowest BCUT2D eigenvalue weighted by molar-refractivity contribution is -0.133. The number of ether oxygens (including phenoxy) is 1. The molecule has 0 spiro atoms. The number of nitrogens with zero attached hydrogens (tertiary/aromatic N) is 2. The molecule has 3 rings (SSSR count). The van der Waals surface area contributed by atoms with Crippen molar-refractivity contribution in [2.45, 2.75) is 20.3 Å². The number of carbonyl (C=O) groups excluding carboxylic acids is 1. The van der Waals surface area contributed by atoms with E-state index in [1.807, 2.05) is 35.2 Å². The summed E-state index contributed by atoms with van der Waals surface area (Å²) in [7, 11) is 0. The lowest BCUT2D eigenvalue weighted by Crippen LogP contribution is -2.50. The number of piperazine rings is 1. The van der Waals surface area contributed by atoms with Gasteiger partial charge in [-0.2, -0.15) is 0 Å². The molecular weight excluding hydrogens is 312 g/mol. The molecule has 4 nitrogen and oxygen atoms in total. The molecule has 4 heteroatoms. The lowest BCUT2D eigenvalue weighted by atomic mass is 10.0. The van der Waals surface area contributed by atoms with Crippen LogP contribution in [0.5, 0.6) is 5.75 Å². The Kier molecular flexibility index (Phi) is 5.59. The first-order chi connectivity index (χ1) is 12.2. The summed E-state index contributed by atoms with van der Waals surface area (Å²) in [4.78, 5) is 16.7. The average Bonchev–Trinajstić information content (AvgIpc) is 2.67. The van der Waals surface area contributed by atoms with Crippen LogP contribution in [0.2, 0.25) is 0 Å². The fourth-order valence-corrected chi connectivity index (χ4v) is 3.39. The van der Waals surface area contributed by atoms with Crippen LogP contribution in [0.4, 0.5) is 5.69 Å².